The second-order valence-electron chi connectivity index (χ2n) is 5.20. The molecule has 0 aromatic carbocycles. The molecule has 0 unspecified atom stereocenters. The van der Waals surface area contributed by atoms with Gasteiger partial charge in [-0.2, -0.15) is 0 Å². The molecule has 2 fully saturated rings. The molecule has 1 aliphatic heterocycles. The zero-order valence-electron chi connectivity index (χ0n) is 10.2. The molecule has 1 aliphatic carbocycles. The van der Waals surface area contributed by atoms with E-state index in [0.29, 0.717) is 12.5 Å². The van der Waals surface area contributed by atoms with Crippen LogP contribution < -0.4 is 5.32 Å². The quantitative estimate of drug-likeness (QED) is 0.791. The Bertz CT molecular complexity index is 218. The first-order valence-corrected chi connectivity index (χ1v) is 6.86. The van der Waals surface area contributed by atoms with Crippen LogP contribution in [0.15, 0.2) is 0 Å². The molecule has 1 amide bonds. The van der Waals surface area contributed by atoms with Crippen LogP contribution in [0.2, 0.25) is 0 Å². The maximum absolute atomic E-state index is 11.7. The van der Waals surface area contributed by atoms with Gasteiger partial charge in [-0.25, -0.2) is 0 Å². The summed E-state index contributed by atoms with van der Waals surface area (Å²) >= 11 is 0. The molecule has 3 nitrogen and oxygen atoms in total. The Morgan fingerprint density at radius 2 is 1.75 bits per heavy atom. The van der Waals surface area contributed by atoms with Gasteiger partial charge in [-0.05, 0) is 38.8 Å². The fourth-order valence-electron chi connectivity index (χ4n) is 2.81. The van der Waals surface area contributed by atoms with Crippen molar-refractivity contribution in [2.75, 3.05) is 19.6 Å². The average molecular weight is 224 g/mol. The highest BCUT2D eigenvalue weighted by Gasteiger charge is 2.17. The zero-order chi connectivity index (χ0) is 11.2. The number of amides is 1. The van der Waals surface area contributed by atoms with E-state index in [4.69, 9.17) is 0 Å². The van der Waals surface area contributed by atoms with Gasteiger partial charge >= 0.3 is 0 Å². The number of carbonyl (C=O) groups excluding carboxylic acids is 1. The Morgan fingerprint density at radius 1 is 1.06 bits per heavy atom. The summed E-state index contributed by atoms with van der Waals surface area (Å²) in [6.45, 7) is 3.34. The minimum atomic E-state index is 0.262. The van der Waals surface area contributed by atoms with Crippen molar-refractivity contribution in [3.63, 3.8) is 0 Å². The fraction of sp³-hybridized carbons (Fsp3) is 0.923. The largest absolute Gasteiger partial charge is 0.353 e. The van der Waals surface area contributed by atoms with Crippen molar-refractivity contribution < 1.29 is 4.79 Å². The van der Waals surface area contributed by atoms with Gasteiger partial charge in [0.15, 0.2) is 0 Å². The Labute approximate surface area is 98.6 Å². The zero-order valence-corrected chi connectivity index (χ0v) is 10.2. The SMILES string of the molecule is O=C(CCN1CCCCC1)NC1CCCC1. The van der Waals surface area contributed by atoms with E-state index >= 15 is 0 Å². The molecule has 16 heavy (non-hydrogen) atoms. The van der Waals surface area contributed by atoms with Crippen LogP contribution in [0.25, 0.3) is 0 Å². The molecular weight excluding hydrogens is 200 g/mol. The van der Waals surface area contributed by atoms with Crippen LogP contribution >= 0.6 is 0 Å². The molecule has 2 aliphatic rings. The van der Waals surface area contributed by atoms with Gasteiger partial charge in [0, 0.05) is 19.0 Å². The number of likely N-dealkylation sites (tertiary alicyclic amines) is 1. The standard InChI is InChI=1S/C13H24N2O/c16-13(14-12-6-2-3-7-12)8-11-15-9-4-1-5-10-15/h12H,1-11H2,(H,14,16). The Kier molecular flexibility index (Phi) is 4.64. The van der Waals surface area contributed by atoms with Crippen molar-refractivity contribution in [1.29, 1.82) is 0 Å². The minimum Gasteiger partial charge on any atom is -0.353 e. The molecule has 1 saturated carbocycles. The fourth-order valence-corrected chi connectivity index (χ4v) is 2.81. The number of piperidine rings is 1. The van der Waals surface area contributed by atoms with Crippen molar-refractivity contribution in [1.82, 2.24) is 10.2 Å². The van der Waals surface area contributed by atoms with Gasteiger partial charge in [0.1, 0.15) is 0 Å². The molecule has 0 bridgehead atoms. The molecule has 1 saturated heterocycles. The molecule has 2 rings (SSSR count). The Hall–Kier alpha value is -0.570. The first-order chi connectivity index (χ1) is 7.84. The van der Waals surface area contributed by atoms with Crippen molar-refractivity contribution in [3.8, 4) is 0 Å². The van der Waals surface area contributed by atoms with Gasteiger partial charge < -0.3 is 10.2 Å². The van der Waals surface area contributed by atoms with Gasteiger partial charge in [-0.3, -0.25) is 4.79 Å². The summed E-state index contributed by atoms with van der Waals surface area (Å²) in [5, 5.41) is 3.15. The predicted molar refractivity (Wildman–Crippen MR) is 65.3 cm³/mol. The summed E-state index contributed by atoms with van der Waals surface area (Å²) < 4.78 is 0. The Morgan fingerprint density at radius 3 is 2.44 bits per heavy atom. The topological polar surface area (TPSA) is 32.3 Å². The van der Waals surface area contributed by atoms with Crippen LogP contribution in [0.5, 0.6) is 0 Å². The van der Waals surface area contributed by atoms with Gasteiger partial charge in [-0.1, -0.05) is 19.3 Å². The van der Waals surface area contributed by atoms with E-state index < -0.39 is 0 Å². The number of hydrogen-bond acceptors (Lipinski definition) is 2. The number of hydrogen-bond donors (Lipinski definition) is 1. The summed E-state index contributed by atoms with van der Waals surface area (Å²) in [5.74, 6) is 0.262. The van der Waals surface area contributed by atoms with Crippen molar-refractivity contribution in [3.05, 3.63) is 0 Å². The number of nitrogens with zero attached hydrogens (tertiary/aromatic N) is 1. The van der Waals surface area contributed by atoms with E-state index in [2.05, 4.69) is 10.2 Å². The Balaban J connectivity index is 1.59. The van der Waals surface area contributed by atoms with Gasteiger partial charge in [0.2, 0.25) is 5.91 Å². The first-order valence-electron chi connectivity index (χ1n) is 6.86. The van der Waals surface area contributed by atoms with E-state index in [1.165, 1.54) is 58.0 Å². The highest BCUT2D eigenvalue weighted by atomic mass is 16.1. The highest BCUT2D eigenvalue weighted by Crippen LogP contribution is 2.17. The molecule has 0 spiro atoms. The molecule has 3 heteroatoms. The molecule has 92 valence electrons. The van der Waals surface area contributed by atoms with E-state index in [-0.39, 0.29) is 5.91 Å². The van der Waals surface area contributed by atoms with E-state index in [0.717, 1.165) is 6.54 Å². The van der Waals surface area contributed by atoms with Crippen LogP contribution in [0.4, 0.5) is 0 Å². The molecule has 0 aromatic rings. The van der Waals surface area contributed by atoms with Crippen LogP contribution in [-0.2, 0) is 4.79 Å². The summed E-state index contributed by atoms with van der Waals surface area (Å²) in [5.41, 5.74) is 0. The molecule has 0 radical (unpaired) electrons. The second-order valence-corrected chi connectivity index (χ2v) is 5.20. The minimum absolute atomic E-state index is 0.262. The molecule has 0 aromatic heterocycles. The van der Waals surface area contributed by atoms with Crippen LogP contribution in [0.1, 0.15) is 51.4 Å². The third kappa shape index (κ3) is 3.78. The monoisotopic (exact) mass is 224 g/mol. The second kappa shape index (κ2) is 6.24. The summed E-state index contributed by atoms with van der Waals surface area (Å²) in [6, 6.07) is 0.480. The lowest BCUT2D eigenvalue weighted by atomic mass is 10.1. The third-order valence-corrected chi connectivity index (χ3v) is 3.82. The van der Waals surface area contributed by atoms with Gasteiger partial charge in [-0.15, -0.1) is 0 Å². The van der Waals surface area contributed by atoms with E-state index in [9.17, 15) is 4.79 Å². The van der Waals surface area contributed by atoms with Crippen LogP contribution in [0.3, 0.4) is 0 Å². The maximum atomic E-state index is 11.7. The first kappa shape index (κ1) is 11.9. The molecular formula is C13H24N2O. The maximum Gasteiger partial charge on any atom is 0.221 e. The lowest BCUT2D eigenvalue weighted by Gasteiger charge is -2.26. The summed E-state index contributed by atoms with van der Waals surface area (Å²) in [6.07, 6.45) is 9.63. The van der Waals surface area contributed by atoms with Gasteiger partial charge in [0.05, 0.1) is 0 Å². The summed E-state index contributed by atoms with van der Waals surface area (Å²) in [4.78, 5) is 14.1. The van der Waals surface area contributed by atoms with Gasteiger partial charge in [0.25, 0.3) is 0 Å². The normalized spacial score (nSPS) is 23.5. The summed E-state index contributed by atoms with van der Waals surface area (Å²) in [7, 11) is 0. The predicted octanol–water partition coefficient (Wildman–Crippen LogP) is 1.92. The van der Waals surface area contributed by atoms with E-state index in [1.54, 1.807) is 0 Å². The number of rotatable bonds is 4. The molecule has 0 atom stereocenters. The van der Waals surface area contributed by atoms with Crippen molar-refractivity contribution >= 4 is 5.91 Å². The number of nitrogens with one attached hydrogen (secondary N) is 1. The van der Waals surface area contributed by atoms with Crippen LogP contribution in [0, 0.1) is 0 Å². The van der Waals surface area contributed by atoms with Crippen LogP contribution in [-0.4, -0.2) is 36.5 Å². The highest BCUT2D eigenvalue weighted by molar-refractivity contribution is 5.76. The molecule has 1 N–H and O–H groups in total. The van der Waals surface area contributed by atoms with E-state index in [1.807, 2.05) is 0 Å². The number of carbonyl (C=O) groups is 1. The lowest BCUT2D eigenvalue weighted by Crippen LogP contribution is -2.37. The molecule has 1 heterocycles. The third-order valence-electron chi connectivity index (χ3n) is 3.82. The van der Waals surface area contributed by atoms with Crippen molar-refractivity contribution in [2.24, 2.45) is 0 Å². The average Bonchev–Trinajstić information content (AvgIpc) is 2.81. The lowest BCUT2D eigenvalue weighted by molar-refractivity contribution is -0.122. The smallest absolute Gasteiger partial charge is 0.221 e. The van der Waals surface area contributed by atoms with Crippen molar-refractivity contribution in [2.45, 2.75) is 57.4 Å².